The lowest BCUT2D eigenvalue weighted by Crippen LogP contribution is -2.18. The summed E-state index contributed by atoms with van der Waals surface area (Å²) in [5.74, 6) is -3.88. The number of anilines is 1. The van der Waals surface area contributed by atoms with Crippen molar-refractivity contribution in [3.63, 3.8) is 0 Å². The fourth-order valence-corrected chi connectivity index (χ4v) is 3.41. The molecule has 0 aromatic heterocycles. The molecule has 0 heterocycles. The van der Waals surface area contributed by atoms with Gasteiger partial charge in [-0.15, -0.1) is 0 Å². The molecule has 0 aliphatic carbocycles. The van der Waals surface area contributed by atoms with Gasteiger partial charge in [0.05, 0.1) is 10.6 Å². The molecule has 1 amide bonds. The maximum Gasteiger partial charge on any atom is 0.420 e. The molecule has 0 atom stereocenters. The first kappa shape index (κ1) is 25.8. The molecule has 2 N–H and O–H groups in total. The van der Waals surface area contributed by atoms with E-state index in [1.54, 1.807) is 0 Å². The normalized spacial score (nSPS) is 11.9. The van der Waals surface area contributed by atoms with E-state index >= 15 is 0 Å². The molecular formula is C21H10Cl3F6NO3. The molecule has 13 heteroatoms. The molecule has 3 aromatic rings. The lowest BCUT2D eigenvalue weighted by atomic mass is 10.1. The van der Waals surface area contributed by atoms with Gasteiger partial charge in [-0.2, -0.15) is 26.3 Å². The van der Waals surface area contributed by atoms with Crippen molar-refractivity contribution in [2.45, 2.75) is 12.4 Å². The summed E-state index contributed by atoms with van der Waals surface area (Å²) < 4.78 is 87.4. The van der Waals surface area contributed by atoms with Crippen LogP contribution >= 0.6 is 34.8 Å². The summed E-state index contributed by atoms with van der Waals surface area (Å²) in [6.07, 6.45) is -10.6. The van der Waals surface area contributed by atoms with Gasteiger partial charge in [0.2, 0.25) is 0 Å². The third-order valence-corrected chi connectivity index (χ3v) is 5.02. The van der Waals surface area contributed by atoms with Crippen molar-refractivity contribution < 1.29 is 41.0 Å². The summed E-state index contributed by atoms with van der Waals surface area (Å²) in [5.41, 5.74) is -5.05. The van der Waals surface area contributed by atoms with Gasteiger partial charge in [0.15, 0.2) is 5.75 Å². The van der Waals surface area contributed by atoms with Crippen molar-refractivity contribution in [2.24, 2.45) is 0 Å². The van der Waals surface area contributed by atoms with Crippen LogP contribution in [0.5, 0.6) is 17.2 Å². The van der Waals surface area contributed by atoms with E-state index in [1.165, 1.54) is 12.1 Å². The van der Waals surface area contributed by atoms with E-state index in [1.807, 2.05) is 5.32 Å². The van der Waals surface area contributed by atoms with Crippen LogP contribution in [0.3, 0.4) is 0 Å². The highest BCUT2D eigenvalue weighted by Gasteiger charge is 2.43. The van der Waals surface area contributed by atoms with E-state index in [4.69, 9.17) is 39.5 Å². The average molecular weight is 545 g/mol. The second-order valence-corrected chi connectivity index (χ2v) is 7.97. The molecule has 180 valence electrons. The van der Waals surface area contributed by atoms with E-state index < -0.39 is 52.1 Å². The van der Waals surface area contributed by atoms with Crippen LogP contribution in [0, 0.1) is 0 Å². The maximum atomic E-state index is 13.7. The number of nitrogens with one attached hydrogen (secondary N) is 1. The summed E-state index contributed by atoms with van der Waals surface area (Å²) in [6.45, 7) is 0. The lowest BCUT2D eigenvalue weighted by molar-refractivity contribution is -0.144. The van der Waals surface area contributed by atoms with Crippen molar-refractivity contribution in [1.29, 1.82) is 0 Å². The highest BCUT2D eigenvalue weighted by molar-refractivity contribution is 6.36. The Hall–Kier alpha value is -2.82. The Labute approximate surface area is 202 Å². The summed E-state index contributed by atoms with van der Waals surface area (Å²) in [4.78, 5) is 12.5. The molecule has 0 aliphatic heterocycles. The molecule has 3 aromatic carbocycles. The zero-order chi connectivity index (χ0) is 25.4. The molecule has 0 bridgehead atoms. The number of phenolic OH excluding ortho intramolecular Hbond substituents is 1. The van der Waals surface area contributed by atoms with Crippen molar-refractivity contribution in [3.05, 3.63) is 80.3 Å². The fourth-order valence-electron chi connectivity index (χ4n) is 2.79. The van der Waals surface area contributed by atoms with E-state index in [2.05, 4.69) is 0 Å². The van der Waals surface area contributed by atoms with Crippen LogP contribution < -0.4 is 10.1 Å². The summed E-state index contributed by atoms with van der Waals surface area (Å²) in [5, 5.41) is 11.5. The Balaban J connectivity index is 2.13. The molecule has 0 radical (unpaired) electrons. The average Bonchev–Trinajstić information content (AvgIpc) is 2.71. The SMILES string of the molecule is O=C(Nc1cc(C(F)(F)F)c(Oc2ccc(Cl)cc2)c(C(F)(F)F)c1)c1cc(Cl)cc(Cl)c1O. The van der Waals surface area contributed by atoms with E-state index in [0.717, 1.165) is 24.3 Å². The quantitative estimate of drug-likeness (QED) is 0.324. The Morgan fingerprint density at radius 1 is 0.824 bits per heavy atom. The molecule has 0 spiro atoms. The Kier molecular flexibility index (Phi) is 7.16. The number of carbonyl (C=O) groups excluding carboxylic acids is 1. The predicted octanol–water partition coefficient (Wildman–Crippen LogP) is 8.43. The first-order valence-electron chi connectivity index (χ1n) is 8.92. The number of rotatable bonds is 4. The third-order valence-electron chi connectivity index (χ3n) is 4.26. The minimum atomic E-state index is -5.30. The van der Waals surface area contributed by atoms with Gasteiger partial charge in [-0.25, -0.2) is 0 Å². The Bertz CT molecular complexity index is 1210. The molecule has 0 fully saturated rings. The molecule has 4 nitrogen and oxygen atoms in total. The number of hydrogen-bond acceptors (Lipinski definition) is 3. The zero-order valence-corrected chi connectivity index (χ0v) is 18.6. The number of phenols is 1. The minimum Gasteiger partial charge on any atom is -0.506 e. The molecule has 0 saturated carbocycles. The van der Waals surface area contributed by atoms with Crippen LogP contribution in [0.4, 0.5) is 32.0 Å². The molecule has 0 unspecified atom stereocenters. The standard InChI is InChI=1S/C21H10Cl3F6NO3/c22-9-1-3-12(4-2-9)34-18-14(20(25,26)27)7-11(8-15(18)21(28,29)30)31-19(33)13-5-10(23)6-16(24)17(13)32/h1-8,32H,(H,31,33). The molecule has 0 aliphatic rings. The number of benzene rings is 3. The molecular weight excluding hydrogens is 535 g/mol. The van der Waals surface area contributed by atoms with Gasteiger partial charge >= 0.3 is 12.4 Å². The van der Waals surface area contributed by atoms with Crippen molar-refractivity contribution in [2.75, 3.05) is 5.32 Å². The number of alkyl halides is 6. The Morgan fingerprint density at radius 3 is 1.85 bits per heavy atom. The third kappa shape index (κ3) is 5.81. The second-order valence-electron chi connectivity index (χ2n) is 6.69. The van der Waals surface area contributed by atoms with E-state index in [0.29, 0.717) is 0 Å². The molecule has 0 saturated heterocycles. The van der Waals surface area contributed by atoms with Gasteiger partial charge in [0.1, 0.15) is 22.6 Å². The largest absolute Gasteiger partial charge is 0.506 e. The highest BCUT2D eigenvalue weighted by Crippen LogP contribution is 2.47. The van der Waals surface area contributed by atoms with Gasteiger partial charge < -0.3 is 15.2 Å². The number of halogens is 9. The van der Waals surface area contributed by atoms with Crippen LogP contribution in [0.25, 0.3) is 0 Å². The fraction of sp³-hybridized carbons (Fsp3) is 0.0952. The topological polar surface area (TPSA) is 58.6 Å². The number of hydrogen-bond donors (Lipinski definition) is 2. The highest BCUT2D eigenvalue weighted by atomic mass is 35.5. The van der Waals surface area contributed by atoms with Crippen molar-refractivity contribution in [1.82, 2.24) is 0 Å². The van der Waals surface area contributed by atoms with Gasteiger partial charge in [0.25, 0.3) is 5.91 Å². The van der Waals surface area contributed by atoms with Crippen LogP contribution in [-0.2, 0) is 12.4 Å². The number of amides is 1. The molecule has 3 rings (SSSR count). The summed E-state index contributed by atoms with van der Waals surface area (Å²) in [6, 6.07) is 7.16. The van der Waals surface area contributed by atoms with Crippen LogP contribution in [0.2, 0.25) is 15.1 Å². The molecule has 34 heavy (non-hydrogen) atoms. The first-order valence-corrected chi connectivity index (χ1v) is 10.1. The minimum absolute atomic E-state index is 0.105. The monoisotopic (exact) mass is 543 g/mol. The summed E-state index contributed by atoms with van der Waals surface area (Å²) >= 11 is 17.1. The lowest BCUT2D eigenvalue weighted by Gasteiger charge is -2.21. The maximum absolute atomic E-state index is 13.7. The van der Waals surface area contributed by atoms with Crippen molar-refractivity contribution >= 4 is 46.4 Å². The smallest absolute Gasteiger partial charge is 0.420 e. The van der Waals surface area contributed by atoms with Crippen LogP contribution in [0.15, 0.2) is 48.5 Å². The van der Waals surface area contributed by atoms with E-state index in [-0.39, 0.29) is 33.0 Å². The van der Waals surface area contributed by atoms with Crippen molar-refractivity contribution in [3.8, 4) is 17.2 Å². The zero-order valence-electron chi connectivity index (χ0n) is 16.3. The van der Waals surface area contributed by atoms with Gasteiger partial charge in [-0.05, 0) is 48.5 Å². The summed E-state index contributed by atoms with van der Waals surface area (Å²) in [7, 11) is 0. The van der Waals surface area contributed by atoms with Gasteiger partial charge in [0, 0.05) is 15.7 Å². The van der Waals surface area contributed by atoms with Gasteiger partial charge in [-0.3, -0.25) is 4.79 Å². The first-order chi connectivity index (χ1) is 15.7. The van der Waals surface area contributed by atoms with Crippen LogP contribution in [-0.4, -0.2) is 11.0 Å². The number of aromatic hydroxyl groups is 1. The van der Waals surface area contributed by atoms with Gasteiger partial charge in [-0.1, -0.05) is 34.8 Å². The van der Waals surface area contributed by atoms with Crippen LogP contribution in [0.1, 0.15) is 21.5 Å². The second kappa shape index (κ2) is 9.44. The predicted molar refractivity (Wildman–Crippen MR) is 114 cm³/mol. The Morgan fingerprint density at radius 2 is 1.35 bits per heavy atom. The number of ether oxygens (including phenoxy) is 1. The van der Waals surface area contributed by atoms with E-state index in [9.17, 15) is 36.2 Å². The number of carbonyl (C=O) groups is 1.